The minimum absolute atomic E-state index is 0.585. The van der Waals surface area contributed by atoms with Crippen LogP contribution in [0, 0.1) is 0 Å². The van der Waals surface area contributed by atoms with Crippen molar-refractivity contribution in [2.24, 2.45) is 0 Å². The molecule has 1 aromatic heterocycles. The molecule has 4 nitrogen and oxygen atoms in total. The minimum Gasteiger partial charge on any atom is -0.530 e. The SMILES string of the molecule is C[Si](C)(C)Oc1cnc(O[Si](C)(C)C)cn1. The molecule has 0 spiro atoms. The molecule has 0 aliphatic carbocycles. The number of hydrogen-bond donors (Lipinski definition) is 0. The van der Waals surface area contributed by atoms with Gasteiger partial charge in [0.2, 0.25) is 28.4 Å². The lowest BCUT2D eigenvalue weighted by Gasteiger charge is -2.20. The Morgan fingerprint density at radius 1 is 0.750 bits per heavy atom. The summed E-state index contributed by atoms with van der Waals surface area (Å²) in [5.74, 6) is 1.17. The van der Waals surface area contributed by atoms with Crippen LogP contribution in [-0.4, -0.2) is 26.6 Å². The topological polar surface area (TPSA) is 44.2 Å². The first kappa shape index (κ1) is 13.2. The van der Waals surface area contributed by atoms with Crippen LogP contribution in [0.2, 0.25) is 39.3 Å². The van der Waals surface area contributed by atoms with E-state index in [1.807, 2.05) is 0 Å². The van der Waals surface area contributed by atoms with Crippen LogP contribution in [0.3, 0.4) is 0 Å². The van der Waals surface area contributed by atoms with Crippen molar-refractivity contribution in [3.63, 3.8) is 0 Å². The molecule has 0 unspecified atom stereocenters. The summed E-state index contributed by atoms with van der Waals surface area (Å²) in [4.78, 5) is 8.39. The molecule has 0 saturated heterocycles. The fraction of sp³-hybridized carbons (Fsp3) is 0.600. The average Bonchev–Trinajstić information content (AvgIpc) is 2.03. The summed E-state index contributed by atoms with van der Waals surface area (Å²) in [6.45, 7) is 12.7. The maximum absolute atomic E-state index is 5.71. The van der Waals surface area contributed by atoms with Gasteiger partial charge in [0.15, 0.2) is 0 Å². The van der Waals surface area contributed by atoms with Crippen LogP contribution in [-0.2, 0) is 0 Å². The highest BCUT2D eigenvalue weighted by atomic mass is 28.4. The van der Waals surface area contributed by atoms with Crippen LogP contribution < -0.4 is 8.85 Å². The predicted octanol–water partition coefficient (Wildman–Crippen LogP) is 2.90. The maximum atomic E-state index is 5.71. The molecule has 0 bridgehead atoms. The van der Waals surface area contributed by atoms with Crippen molar-refractivity contribution in [3.8, 4) is 11.8 Å². The molecule has 6 heteroatoms. The maximum Gasteiger partial charge on any atom is 0.244 e. The van der Waals surface area contributed by atoms with E-state index in [2.05, 4.69) is 49.3 Å². The lowest BCUT2D eigenvalue weighted by molar-refractivity contribution is 0.502. The second kappa shape index (κ2) is 4.54. The summed E-state index contributed by atoms with van der Waals surface area (Å²) in [5.41, 5.74) is 0. The molecule has 0 atom stereocenters. The molecule has 1 aromatic rings. The molecule has 0 aliphatic rings. The zero-order chi connectivity index (χ0) is 12.4. The fourth-order valence-electron chi connectivity index (χ4n) is 1.04. The van der Waals surface area contributed by atoms with Gasteiger partial charge in [-0.2, -0.15) is 0 Å². The Hall–Kier alpha value is -0.886. The third kappa shape index (κ3) is 5.27. The Balaban J connectivity index is 2.69. The first-order valence-corrected chi connectivity index (χ1v) is 12.2. The second-order valence-corrected chi connectivity index (χ2v) is 14.5. The first-order chi connectivity index (χ1) is 7.16. The van der Waals surface area contributed by atoms with Crippen LogP contribution in [0.15, 0.2) is 12.4 Å². The molecule has 0 amide bonds. The molecular formula is C10H20N2O2Si2. The standard InChI is InChI=1S/C10H20N2O2Si2/c1-15(2,3)13-9-7-12-10(8-11-9)14-16(4,5)6/h7-8H,1-6H3. The average molecular weight is 256 g/mol. The Labute approximate surface area is 99.3 Å². The summed E-state index contributed by atoms with van der Waals surface area (Å²) in [7, 11) is -3.19. The van der Waals surface area contributed by atoms with Gasteiger partial charge in [-0.15, -0.1) is 0 Å². The van der Waals surface area contributed by atoms with Crippen molar-refractivity contribution in [1.82, 2.24) is 9.97 Å². The van der Waals surface area contributed by atoms with Crippen LogP contribution in [0.4, 0.5) is 0 Å². The van der Waals surface area contributed by atoms with Gasteiger partial charge in [-0.3, -0.25) is 0 Å². The fourth-order valence-corrected chi connectivity index (χ4v) is 2.50. The molecule has 90 valence electrons. The Morgan fingerprint density at radius 3 is 1.25 bits per heavy atom. The number of nitrogens with zero attached hydrogens (tertiary/aromatic N) is 2. The zero-order valence-electron chi connectivity index (χ0n) is 10.9. The summed E-state index contributed by atoms with van der Waals surface area (Å²) < 4.78 is 11.4. The number of hydrogen-bond acceptors (Lipinski definition) is 4. The van der Waals surface area contributed by atoms with Crippen molar-refractivity contribution < 1.29 is 8.85 Å². The monoisotopic (exact) mass is 256 g/mol. The van der Waals surface area contributed by atoms with E-state index in [9.17, 15) is 0 Å². The molecule has 0 radical (unpaired) electrons. The van der Waals surface area contributed by atoms with Gasteiger partial charge in [-0.1, -0.05) is 0 Å². The third-order valence-electron chi connectivity index (χ3n) is 1.43. The third-order valence-corrected chi connectivity index (χ3v) is 3.07. The molecule has 0 aromatic carbocycles. The lowest BCUT2D eigenvalue weighted by atomic mass is 10.7. The Morgan fingerprint density at radius 2 is 1.06 bits per heavy atom. The summed E-state index contributed by atoms with van der Waals surface area (Å²) >= 11 is 0. The molecule has 0 aliphatic heterocycles. The van der Waals surface area contributed by atoms with E-state index in [1.54, 1.807) is 12.4 Å². The van der Waals surface area contributed by atoms with Crippen LogP contribution in [0.1, 0.15) is 0 Å². The normalized spacial score (nSPS) is 12.4. The Bertz CT molecular complexity index is 306. The van der Waals surface area contributed by atoms with E-state index in [4.69, 9.17) is 8.85 Å². The largest absolute Gasteiger partial charge is 0.530 e. The molecule has 16 heavy (non-hydrogen) atoms. The van der Waals surface area contributed by atoms with Gasteiger partial charge in [0.1, 0.15) is 0 Å². The quantitative estimate of drug-likeness (QED) is 0.777. The molecule has 0 fully saturated rings. The molecule has 0 N–H and O–H groups in total. The van der Waals surface area contributed by atoms with Gasteiger partial charge >= 0.3 is 0 Å². The van der Waals surface area contributed by atoms with Gasteiger partial charge in [0, 0.05) is 0 Å². The molecule has 1 rings (SSSR count). The van der Waals surface area contributed by atoms with E-state index in [0.29, 0.717) is 11.8 Å². The predicted molar refractivity (Wildman–Crippen MR) is 70.0 cm³/mol. The van der Waals surface area contributed by atoms with Crippen molar-refractivity contribution in [1.29, 1.82) is 0 Å². The highest BCUT2D eigenvalue weighted by Crippen LogP contribution is 2.16. The van der Waals surface area contributed by atoms with Crippen molar-refractivity contribution in [3.05, 3.63) is 12.4 Å². The second-order valence-electron chi connectivity index (χ2n) is 5.62. The van der Waals surface area contributed by atoms with E-state index in [0.717, 1.165) is 0 Å². The van der Waals surface area contributed by atoms with E-state index < -0.39 is 16.6 Å². The summed E-state index contributed by atoms with van der Waals surface area (Å²) in [6, 6.07) is 0. The highest BCUT2D eigenvalue weighted by molar-refractivity contribution is 6.70. The molecule has 1 heterocycles. The number of aromatic nitrogens is 2. The van der Waals surface area contributed by atoms with Crippen LogP contribution in [0.5, 0.6) is 11.8 Å². The molecular weight excluding hydrogens is 236 g/mol. The summed E-state index contributed by atoms with van der Waals surface area (Å²) in [5, 5.41) is 0. The highest BCUT2D eigenvalue weighted by Gasteiger charge is 2.19. The van der Waals surface area contributed by atoms with Gasteiger partial charge in [0.25, 0.3) is 0 Å². The van der Waals surface area contributed by atoms with Gasteiger partial charge < -0.3 is 8.85 Å². The first-order valence-electron chi connectivity index (χ1n) is 5.36. The summed E-state index contributed by atoms with van der Waals surface area (Å²) in [6.07, 6.45) is 3.27. The van der Waals surface area contributed by atoms with Crippen molar-refractivity contribution in [2.45, 2.75) is 39.3 Å². The van der Waals surface area contributed by atoms with E-state index >= 15 is 0 Å². The number of rotatable bonds is 4. The van der Waals surface area contributed by atoms with Crippen LogP contribution >= 0.6 is 0 Å². The van der Waals surface area contributed by atoms with Gasteiger partial charge in [0.05, 0.1) is 12.4 Å². The molecule has 0 saturated carbocycles. The lowest BCUT2D eigenvalue weighted by Crippen LogP contribution is -2.31. The van der Waals surface area contributed by atoms with Gasteiger partial charge in [-0.25, -0.2) is 9.97 Å². The zero-order valence-corrected chi connectivity index (χ0v) is 12.9. The smallest absolute Gasteiger partial charge is 0.244 e. The minimum atomic E-state index is -1.60. The van der Waals surface area contributed by atoms with Crippen LogP contribution in [0.25, 0.3) is 0 Å². The van der Waals surface area contributed by atoms with E-state index in [1.165, 1.54) is 0 Å². The Kier molecular flexibility index (Phi) is 3.74. The van der Waals surface area contributed by atoms with Crippen molar-refractivity contribution >= 4 is 16.6 Å². The van der Waals surface area contributed by atoms with E-state index in [-0.39, 0.29) is 0 Å². The van der Waals surface area contributed by atoms with Gasteiger partial charge in [-0.05, 0) is 39.3 Å². The van der Waals surface area contributed by atoms with Crippen molar-refractivity contribution in [2.75, 3.05) is 0 Å².